The molecule has 2 aromatic rings. The summed E-state index contributed by atoms with van der Waals surface area (Å²) in [6.45, 7) is 3.71. The molecule has 0 fully saturated rings. The van der Waals surface area contributed by atoms with E-state index in [-0.39, 0.29) is 5.91 Å². The molecule has 1 aromatic carbocycles. The number of anilines is 1. The van der Waals surface area contributed by atoms with Crippen LogP contribution < -0.4 is 14.8 Å². The number of amides is 1. The normalized spacial score (nSPS) is 17.5. The van der Waals surface area contributed by atoms with E-state index in [2.05, 4.69) is 10.4 Å². The van der Waals surface area contributed by atoms with Gasteiger partial charge >= 0.3 is 0 Å². The van der Waals surface area contributed by atoms with Crippen molar-refractivity contribution in [3.8, 4) is 11.5 Å². The van der Waals surface area contributed by atoms with E-state index in [1.54, 1.807) is 10.7 Å². The lowest BCUT2D eigenvalue weighted by Crippen LogP contribution is -2.29. The molecule has 1 aliphatic heterocycles. The van der Waals surface area contributed by atoms with Gasteiger partial charge < -0.3 is 14.8 Å². The molecule has 126 valence electrons. The number of hydrogen-bond donors (Lipinski definition) is 1. The highest BCUT2D eigenvalue weighted by Gasteiger charge is 2.32. The van der Waals surface area contributed by atoms with Crippen LogP contribution in [0.25, 0.3) is 0 Å². The largest absolute Gasteiger partial charge is 0.449 e. The molecule has 6 nitrogen and oxygen atoms in total. The van der Waals surface area contributed by atoms with Crippen LogP contribution in [0.3, 0.4) is 0 Å². The summed E-state index contributed by atoms with van der Waals surface area (Å²) in [4.78, 5) is 12.8. The van der Waals surface area contributed by atoms with Gasteiger partial charge in [0, 0.05) is 38.2 Å². The average Bonchev–Trinajstić information content (AvgIpc) is 3.00. The molecule has 0 bridgehead atoms. The van der Waals surface area contributed by atoms with Crippen molar-refractivity contribution in [2.75, 3.05) is 5.32 Å². The molecular formula is C18H21N3O3. The number of benzene rings is 1. The second kappa shape index (κ2) is 5.26. The van der Waals surface area contributed by atoms with Gasteiger partial charge in [0.05, 0.1) is 5.69 Å². The van der Waals surface area contributed by atoms with E-state index in [9.17, 15) is 4.79 Å². The fourth-order valence-electron chi connectivity index (χ4n) is 3.46. The summed E-state index contributed by atoms with van der Waals surface area (Å²) < 4.78 is 13.1. The molecule has 0 atom stereocenters. The Labute approximate surface area is 140 Å². The van der Waals surface area contributed by atoms with Crippen molar-refractivity contribution < 1.29 is 14.3 Å². The SMILES string of the molecule is Cn1nc2c(c1C(=O)Nc1ccc3c(c1)OC(C)(C)O3)CCCC2. The van der Waals surface area contributed by atoms with Crippen molar-refractivity contribution in [2.24, 2.45) is 7.05 Å². The highest BCUT2D eigenvalue weighted by molar-refractivity contribution is 6.04. The summed E-state index contributed by atoms with van der Waals surface area (Å²) in [5, 5.41) is 7.46. The van der Waals surface area contributed by atoms with Crippen LogP contribution in [0.1, 0.15) is 48.4 Å². The third-order valence-electron chi connectivity index (χ3n) is 4.45. The van der Waals surface area contributed by atoms with Gasteiger partial charge in [-0.05, 0) is 37.8 Å². The number of nitrogens with zero attached hydrogens (tertiary/aromatic N) is 2. The molecule has 24 heavy (non-hydrogen) atoms. The van der Waals surface area contributed by atoms with E-state index in [0.29, 0.717) is 22.9 Å². The zero-order valence-corrected chi connectivity index (χ0v) is 14.2. The van der Waals surface area contributed by atoms with Crippen LogP contribution in [0.2, 0.25) is 0 Å². The lowest BCUT2D eigenvalue weighted by Gasteiger charge is -2.16. The van der Waals surface area contributed by atoms with E-state index in [1.165, 1.54) is 0 Å². The molecule has 0 radical (unpaired) electrons. The van der Waals surface area contributed by atoms with Gasteiger partial charge in [0.1, 0.15) is 5.69 Å². The molecule has 4 rings (SSSR count). The number of rotatable bonds is 2. The Bertz CT molecular complexity index is 823. The highest BCUT2D eigenvalue weighted by atomic mass is 16.7. The second-order valence-corrected chi connectivity index (χ2v) is 6.82. The Balaban J connectivity index is 1.59. The van der Waals surface area contributed by atoms with Crippen molar-refractivity contribution in [3.05, 3.63) is 35.2 Å². The Morgan fingerprint density at radius 1 is 1.21 bits per heavy atom. The molecule has 1 aromatic heterocycles. The van der Waals surface area contributed by atoms with Gasteiger partial charge in [-0.1, -0.05) is 0 Å². The second-order valence-electron chi connectivity index (χ2n) is 6.82. The Morgan fingerprint density at radius 3 is 2.79 bits per heavy atom. The number of aromatic nitrogens is 2. The fraction of sp³-hybridized carbons (Fsp3) is 0.444. The number of aryl methyl sites for hydroxylation is 2. The molecule has 6 heteroatoms. The van der Waals surface area contributed by atoms with Gasteiger partial charge in [-0.15, -0.1) is 0 Å². The Kier molecular flexibility index (Phi) is 3.30. The third-order valence-corrected chi connectivity index (χ3v) is 4.45. The van der Waals surface area contributed by atoms with Gasteiger partial charge in [-0.3, -0.25) is 9.48 Å². The number of hydrogen-bond acceptors (Lipinski definition) is 4. The minimum absolute atomic E-state index is 0.133. The maximum Gasteiger partial charge on any atom is 0.274 e. The highest BCUT2D eigenvalue weighted by Crippen LogP contribution is 2.40. The Hall–Kier alpha value is -2.50. The smallest absolute Gasteiger partial charge is 0.274 e. The molecule has 1 aliphatic carbocycles. The van der Waals surface area contributed by atoms with Gasteiger partial charge in [-0.25, -0.2) is 0 Å². The van der Waals surface area contributed by atoms with E-state index in [0.717, 1.165) is 36.9 Å². The zero-order chi connectivity index (χ0) is 16.9. The van der Waals surface area contributed by atoms with E-state index >= 15 is 0 Å². The lowest BCUT2D eigenvalue weighted by molar-refractivity contribution is -0.0431. The van der Waals surface area contributed by atoms with E-state index in [4.69, 9.17) is 9.47 Å². The van der Waals surface area contributed by atoms with Gasteiger partial charge in [0.25, 0.3) is 5.91 Å². The molecule has 1 N–H and O–H groups in total. The summed E-state index contributed by atoms with van der Waals surface area (Å²) in [7, 11) is 1.83. The van der Waals surface area contributed by atoms with Crippen LogP contribution >= 0.6 is 0 Å². The molecule has 0 saturated carbocycles. The molecule has 1 amide bonds. The van der Waals surface area contributed by atoms with Crippen LogP contribution in [0, 0.1) is 0 Å². The van der Waals surface area contributed by atoms with Crippen molar-refractivity contribution in [1.82, 2.24) is 9.78 Å². The minimum Gasteiger partial charge on any atom is -0.449 e. The molecule has 0 spiro atoms. The number of fused-ring (bicyclic) bond motifs is 2. The van der Waals surface area contributed by atoms with Crippen LogP contribution in [0.4, 0.5) is 5.69 Å². The maximum atomic E-state index is 12.8. The van der Waals surface area contributed by atoms with E-state index in [1.807, 2.05) is 33.0 Å². The Morgan fingerprint density at radius 2 is 1.96 bits per heavy atom. The zero-order valence-electron chi connectivity index (χ0n) is 14.2. The van der Waals surface area contributed by atoms with Crippen LogP contribution in [-0.4, -0.2) is 21.5 Å². The standard InChI is InChI=1S/C18H21N3O3/c1-18(2)23-14-9-8-11(10-15(14)24-18)19-17(22)16-12-6-4-5-7-13(12)20-21(16)3/h8-10H,4-7H2,1-3H3,(H,19,22). The average molecular weight is 327 g/mol. The van der Waals surface area contributed by atoms with Crippen molar-refractivity contribution in [1.29, 1.82) is 0 Å². The first kappa shape index (κ1) is 15.1. The molecular weight excluding hydrogens is 306 g/mol. The fourth-order valence-corrected chi connectivity index (χ4v) is 3.46. The van der Waals surface area contributed by atoms with E-state index < -0.39 is 5.79 Å². The van der Waals surface area contributed by atoms with Crippen LogP contribution in [-0.2, 0) is 19.9 Å². The minimum atomic E-state index is -0.675. The predicted molar refractivity (Wildman–Crippen MR) is 89.6 cm³/mol. The molecule has 2 aliphatic rings. The van der Waals surface area contributed by atoms with Gasteiger partial charge in [-0.2, -0.15) is 5.10 Å². The monoisotopic (exact) mass is 327 g/mol. The van der Waals surface area contributed by atoms with Crippen molar-refractivity contribution in [3.63, 3.8) is 0 Å². The third kappa shape index (κ3) is 2.52. The first-order valence-corrected chi connectivity index (χ1v) is 8.31. The van der Waals surface area contributed by atoms with Crippen molar-refractivity contribution in [2.45, 2.75) is 45.3 Å². The number of carbonyl (C=O) groups is 1. The van der Waals surface area contributed by atoms with Crippen LogP contribution in [0.15, 0.2) is 18.2 Å². The summed E-state index contributed by atoms with van der Waals surface area (Å²) in [5.74, 6) is 0.526. The summed E-state index contributed by atoms with van der Waals surface area (Å²) in [6.07, 6.45) is 4.12. The van der Waals surface area contributed by atoms with Gasteiger partial charge in [0.2, 0.25) is 5.79 Å². The van der Waals surface area contributed by atoms with Crippen molar-refractivity contribution >= 4 is 11.6 Å². The van der Waals surface area contributed by atoms with Crippen LogP contribution in [0.5, 0.6) is 11.5 Å². The lowest BCUT2D eigenvalue weighted by atomic mass is 9.95. The first-order chi connectivity index (χ1) is 11.4. The number of ether oxygens (including phenoxy) is 2. The summed E-state index contributed by atoms with van der Waals surface area (Å²) in [5.41, 5.74) is 3.48. The first-order valence-electron chi connectivity index (χ1n) is 8.31. The summed E-state index contributed by atoms with van der Waals surface area (Å²) >= 11 is 0. The molecule has 0 unspecified atom stereocenters. The number of carbonyl (C=O) groups excluding carboxylic acids is 1. The molecule has 2 heterocycles. The molecule has 0 saturated heterocycles. The van der Waals surface area contributed by atoms with Gasteiger partial charge in [0.15, 0.2) is 11.5 Å². The number of nitrogens with one attached hydrogen (secondary N) is 1. The maximum absolute atomic E-state index is 12.8. The quantitative estimate of drug-likeness (QED) is 0.921. The topological polar surface area (TPSA) is 65.4 Å². The predicted octanol–water partition coefficient (Wildman–Crippen LogP) is 3.06. The summed E-state index contributed by atoms with van der Waals surface area (Å²) in [6, 6.07) is 5.44.